The van der Waals surface area contributed by atoms with Crippen LogP contribution in [-0.2, 0) is 5.75 Å². The Kier molecular flexibility index (Phi) is 5.21. The summed E-state index contributed by atoms with van der Waals surface area (Å²) in [7, 11) is 0. The van der Waals surface area contributed by atoms with Gasteiger partial charge >= 0.3 is 0 Å². The molecule has 5 aromatic rings. The van der Waals surface area contributed by atoms with Crippen molar-refractivity contribution in [2.24, 2.45) is 0 Å². The van der Waals surface area contributed by atoms with Gasteiger partial charge in [0.25, 0.3) is 5.56 Å². The first-order chi connectivity index (χ1) is 15.1. The van der Waals surface area contributed by atoms with E-state index in [0.29, 0.717) is 10.7 Å². The number of thioether (sulfide) groups is 1. The Bertz CT molecular complexity index is 1430. The number of fused-ring (bicyclic) bond motifs is 1. The number of thiazole rings is 1. The number of para-hydroxylation sites is 1. The van der Waals surface area contributed by atoms with Crippen molar-refractivity contribution in [3.8, 4) is 16.9 Å². The van der Waals surface area contributed by atoms with Gasteiger partial charge in [-0.3, -0.25) is 13.8 Å². The van der Waals surface area contributed by atoms with Gasteiger partial charge in [0.2, 0.25) is 0 Å². The van der Waals surface area contributed by atoms with Crippen molar-refractivity contribution < 1.29 is 0 Å². The number of aromatic nitrogens is 4. The van der Waals surface area contributed by atoms with Gasteiger partial charge in [0.1, 0.15) is 0 Å². The van der Waals surface area contributed by atoms with Crippen LogP contribution in [0.5, 0.6) is 0 Å². The smallest absolute Gasteiger partial charge is 0.258 e. The molecule has 7 heteroatoms. The van der Waals surface area contributed by atoms with Crippen LogP contribution in [0.2, 0.25) is 0 Å². The highest BCUT2D eigenvalue weighted by molar-refractivity contribution is 7.98. The van der Waals surface area contributed by atoms with Crippen molar-refractivity contribution in [1.29, 1.82) is 0 Å². The Morgan fingerprint density at radius 3 is 2.65 bits per heavy atom. The summed E-state index contributed by atoms with van der Waals surface area (Å²) in [6, 6.07) is 18.2. The third kappa shape index (κ3) is 3.94. The largest absolute Gasteiger partial charge is 0.294 e. The summed E-state index contributed by atoms with van der Waals surface area (Å²) in [5.74, 6) is 0.569. The SMILES string of the molecule is Cc1ccc(-c2cn(-c3ccccc3)c(SCc3cc(=O)n4ccsc4n3)n2)cc1C. The average molecular weight is 445 g/mol. The number of rotatable bonds is 5. The molecule has 0 spiro atoms. The van der Waals surface area contributed by atoms with E-state index in [-0.39, 0.29) is 5.56 Å². The molecule has 0 saturated carbocycles. The number of imidazole rings is 1. The third-order valence-electron chi connectivity index (χ3n) is 5.22. The number of benzene rings is 2. The molecule has 31 heavy (non-hydrogen) atoms. The van der Waals surface area contributed by atoms with Gasteiger partial charge in [0, 0.05) is 40.8 Å². The van der Waals surface area contributed by atoms with Crippen LogP contribution in [-0.4, -0.2) is 18.9 Å². The third-order valence-corrected chi connectivity index (χ3v) is 6.96. The Morgan fingerprint density at radius 2 is 1.84 bits per heavy atom. The van der Waals surface area contributed by atoms with Crippen molar-refractivity contribution in [2.45, 2.75) is 24.8 Å². The zero-order valence-corrected chi connectivity index (χ0v) is 18.8. The second-order valence-electron chi connectivity index (χ2n) is 7.34. The number of nitrogens with zero attached hydrogens (tertiary/aromatic N) is 4. The molecule has 2 aromatic carbocycles. The summed E-state index contributed by atoms with van der Waals surface area (Å²) < 4.78 is 3.67. The molecule has 0 unspecified atom stereocenters. The Balaban J connectivity index is 1.52. The lowest BCUT2D eigenvalue weighted by molar-refractivity contribution is 0.894. The lowest BCUT2D eigenvalue weighted by atomic mass is 10.0. The van der Waals surface area contributed by atoms with Gasteiger partial charge in [-0.05, 0) is 43.2 Å². The molecule has 3 aromatic heterocycles. The van der Waals surface area contributed by atoms with Crippen LogP contribution in [0.1, 0.15) is 16.8 Å². The predicted molar refractivity (Wildman–Crippen MR) is 127 cm³/mol. The van der Waals surface area contributed by atoms with Crippen LogP contribution in [0.3, 0.4) is 0 Å². The Labute approximate surface area is 188 Å². The number of hydrogen-bond acceptors (Lipinski definition) is 5. The maximum absolute atomic E-state index is 12.3. The highest BCUT2D eigenvalue weighted by atomic mass is 32.2. The van der Waals surface area contributed by atoms with E-state index in [2.05, 4.69) is 59.9 Å². The summed E-state index contributed by atoms with van der Waals surface area (Å²) in [5, 5.41) is 2.74. The van der Waals surface area contributed by atoms with Gasteiger partial charge in [0.15, 0.2) is 10.1 Å². The van der Waals surface area contributed by atoms with Crippen molar-refractivity contribution in [3.63, 3.8) is 0 Å². The van der Waals surface area contributed by atoms with Crippen molar-refractivity contribution in [1.82, 2.24) is 18.9 Å². The predicted octanol–water partition coefficient (Wildman–Crippen LogP) is 5.52. The molecule has 0 saturated heterocycles. The normalized spacial score (nSPS) is 11.3. The fourth-order valence-corrected chi connectivity index (χ4v) is 5.00. The molecule has 0 aliphatic rings. The molecule has 0 bridgehead atoms. The molecule has 0 radical (unpaired) electrons. The van der Waals surface area contributed by atoms with Crippen molar-refractivity contribution >= 4 is 28.1 Å². The minimum atomic E-state index is -0.0518. The molecule has 0 aliphatic carbocycles. The summed E-state index contributed by atoms with van der Waals surface area (Å²) in [5.41, 5.74) is 6.29. The number of aryl methyl sites for hydroxylation is 2. The first-order valence-corrected chi connectivity index (χ1v) is 11.8. The molecule has 0 fully saturated rings. The van der Waals surface area contributed by atoms with Gasteiger partial charge in [-0.1, -0.05) is 42.1 Å². The van der Waals surface area contributed by atoms with E-state index < -0.39 is 0 Å². The first-order valence-electron chi connectivity index (χ1n) is 9.89. The zero-order chi connectivity index (χ0) is 21.4. The van der Waals surface area contributed by atoms with Crippen LogP contribution in [0.25, 0.3) is 21.9 Å². The van der Waals surface area contributed by atoms with Crippen LogP contribution < -0.4 is 5.56 Å². The van der Waals surface area contributed by atoms with Crippen LogP contribution >= 0.6 is 23.1 Å². The summed E-state index contributed by atoms with van der Waals surface area (Å²) in [6.07, 6.45) is 3.83. The highest BCUT2D eigenvalue weighted by Crippen LogP contribution is 2.30. The minimum Gasteiger partial charge on any atom is -0.294 e. The Hall–Kier alpha value is -3.16. The Morgan fingerprint density at radius 1 is 1.00 bits per heavy atom. The first kappa shape index (κ1) is 19.8. The molecular formula is C24H20N4OS2. The molecule has 0 atom stereocenters. The fraction of sp³-hybridized carbons (Fsp3) is 0.125. The molecule has 5 rings (SSSR count). The molecule has 0 aliphatic heterocycles. The zero-order valence-electron chi connectivity index (χ0n) is 17.1. The standard InChI is InChI=1S/C24H20N4OS2/c1-16-8-9-18(12-17(16)2)21-14-28(20-6-4-3-5-7-20)24(26-21)31-15-19-13-22(29)27-10-11-30-23(27)25-19/h3-14H,15H2,1-2H3. The van der Waals surface area contributed by atoms with Gasteiger partial charge in [-0.2, -0.15) is 0 Å². The summed E-state index contributed by atoms with van der Waals surface area (Å²) in [4.78, 5) is 22.6. The van der Waals surface area contributed by atoms with E-state index in [1.165, 1.54) is 22.5 Å². The van der Waals surface area contributed by atoms with E-state index in [1.807, 2.05) is 23.6 Å². The van der Waals surface area contributed by atoms with E-state index in [1.54, 1.807) is 28.4 Å². The minimum absolute atomic E-state index is 0.0518. The highest BCUT2D eigenvalue weighted by Gasteiger charge is 2.14. The monoisotopic (exact) mass is 444 g/mol. The van der Waals surface area contributed by atoms with E-state index in [0.717, 1.165) is 27.8 Å². The molecule has 5 nitrogen and oxygen atoms in total. The fourth-order valence-electron chi connectivity index (χ4n) is 3.38. The molecule has 0 N–H and O–H groups in total. The summed E-state index contributed by atoms with van der Waals surface area (Å²) in [6.45, 7) is 4.23. The quantitative estimate of drug-likeness (QED) is 0.335. The van der Waals surface area contributed by atoms with E-state index >= 15 is 0 Å². The van der Waals surface area contributed by atoms with Crippen LogP contribution in [0, 0.1) is 13.8 Å². The molecule has 0 amide bonds. The van der Waals surface area contributed by atoms with Crippen LogP contribution in [0.4, 0.5) is 0 Å². The van der Waals surface area contributed by atoms with Gasteiger partial charge in [-0.15, -0.1) is 11.3 Å². The van der Waals surface area contributed by atoms with Gasteiger partial charge < -0.3 is 0 Å². The topological polar surface area (TPSA) is 52.2 Å². The van der Waals surface area contributed by atoms with Crippen molar-refractivity contribution in [3.05, 3.63) is 99.5 Å². The second kappa shape index (κ2) is 8.17. The molecule has 154 valence electrons. The van der Waals surface area contributed by atoms with Crippen molar-refractivity contribution in [2.75, 3.05) is 0 Å². The summed E-state index contributed by atoms with van der Waals surface area (Å²) >= 11 is 3.05. The van der Waals surface area contributed by atoms with Gasteiger partial charge in [-0.25, -0.2) is 9.97 Å². The average Bonchev–Trinajstić information content (AvgIpc) is 3.42. The molecular weight excluding hydrogens is 424 g/mol. The lowest BCUT2D eigenvalue weighted by Crippen LogP contribution is -2.12. The lowest BCUT2D eigenvalue weighted by Gasteiger charge is -2.07. The van der Waals surface area contributed by atoms with Gasteiger partial charge in [0.05, 0.1) is 11.4 Å². The number of hydrogen-bond donors (Lipinski definition) is 0. The maximum Gasteiger partial charge on any atom is 0.258 e. The molecule has 3 heterocycles. The van der Waals surface area contributed by atoms with E-state index in [4.69, 9.17) is 4.98 Å². The maximum atomic E-state index is 12.3. The van der Waals surface area contributed by atoms with Crippen LogP contribution in [0.15, 0.2) is 82.3 Å². The van der Waals surface area contributed by atoms with E-state index in [9.17, 15) is 4.79 Å². The second-order valence-corrected chi connectivity index (χ2v) is 9.16.